The Hall–Kier alpha value is -3.02. The summed E-state index contributed by atoms with van der Waals surface area (Å²) in [4.78, 5) is 0. The zero-order chi connectivity index (χ0) is 19.1. The van der Waals surface area contributed by atoms with Crippen LogP contribution in [0.25, 0.3) is 0 Å². The molecule has 4 rings (SSSR count). The van der Waals surface area contributed by atoms with E-state index in [0.717, 1.165) is 11.1 Å². The second-order valence-electron chi connectivity index (χ2n) is 6.60. The second-order valence-corrected chi connectivity index (χ2v) is 6.60. The number of ether oxygens (including phenoxy) is 5. The Morgan fingerprint density at radius 2 is 1.93 bits per heavy atom. The van der Waals surface area contributed by atoms with E-state index in [0.29, 0.717) is 40.7 Å². The number of benzene rings is 2. The Labute approximate surface area is 157 Å². The molecule has 2 atom stereocenters. The number of hydrogen-bond acceptors (Lipinski definition) is 6. The van der Waals surface area contributed by atoms with Crippen molar-refractivity contribution in [2.45, 2.75) is 25.4 Å². The topological polar surface area (TPSA) is 66.4 Å². The van der Waals surface area contributed by atoms with Crippen molar-refractivity contribution in [3.63, 3.8) is 0 Å². The highest BCUT2D eigenvalue weighted by molar-refractivity contribution is 5.62. The number of phenolic OH excluding ortho intramolecular Hbond substituents is 1. The second kappa shape index (κ2) is 6.61. The molecule has 0 aliphatic carbocycles. The van der Waals surface area contributed by atoms with Crippen molar-refractivity contribution in [2.75, 3.05) is 21.0 Å². The molecule has 27 heavy (non-hydrogen) atoms. The fraction of sp³-hybridized carbons (Fsp3) is 0.333. The number of rotatable bonds is 5. The maximum Gasteiger partial charge on any atom is 0.231 e. The van der Waals surface area contributed by atoms with Crippen molar-refractivity contribution in [1.29, 1.82) is 0 Å². The summed E-state index contributed by atoms with van der Waals surface area (Å²) in [6.07, 6.45) is 1.97. The maximum absolute atomic E-state index is 10.5. The molecule has 2 heterocycles. The third-order valence-electron chi connectivity index (χ3n) is 5.11. The molecule has 1 N–H and O–H groups in total. The number of hydrogen-bond donors (Lipinski definition) is 1. The minimum absolute atomic E-state index is 0.0446. The van der Waals surface area contributed by atoms with Crippen LogP contribution in [0, 0.1) is 0 Å². The van der Waals surface area contributed by atoms with E-state index in [1.54, 1.807) is 20.3 Å². The fourth-order valence-corrected chi connectivity index (χ4v) is 3.74. The van der Waals surface area contributed by atoms with Crippen LogP contribution in [-0.2, 0) is 6.42 Å². The average Bonchev–Trinajstić information content (AvgIpc) is 3.27. The molecule has 142 valence electrons. The summed E-state index contributed by atoms with van der Waals surface area (Å²) >= 11 is 0. The van der Waals surface area contributed by atoms with E-state index in [1.807, 2.05) is 18.2 Å². The van der Waals surface area contributed by atoms with E-state index in [9.17, 15) is 5.11 Å². The van der Waals surface area contributed by atoms with Gasteiger partial charge in [0.25, 0.3) is 0 Å². The lowest BCUT2D eigenvalue weighted by Crippen LogP contribution is -2.07. The maximum atomic E-state index is 10.5. The average molecular weight is 370 g/mol. The number of aromatic hydroxyl groups is 1. The van der Waals surface area contributed by atoms with Gasteiger partial charge in [-0.3, -0.25) is 0 Å². The van der Waals surface area contributed by atoms with E-state index in [1.165, 1.54) is 0 Å². The first-order chi connectivity index (χ1) is 13.1. The largest absolute Gasteiger partial charge is 0.504 e. The van der Waals surface area contributed by atoms with Gasteiger partial charge in [0.2, 0.25) is 12.5 Å². The van der Waals surface area contributed by atoms with Crippen LogP contribution in [0.15, 0.2) is 30.9 Å². The van der Waals surface area contributed by atoms with Gasteiger partial charge in [0.15, 0.2) is 23.0 Å². The van der Waals surface area contributed by atoms with Crippen LogP contribution in [-0.4, -0.2) is 26.1 Å². The molecule has 2 aromatic carbocycles. The van der Waals surface area contributed by atoms with Gasteiger partial charge in [0.1, 0.15) is 11.9 Å². The lowest BCUT2D eigenvalue weighted by atomic mass is 9.91. The Kier molecular flexibility index (Phi) is 4.26. The Morgan fingerprint density at radius 3 is 2.63 bits per heavy atom. The van der Waals surface area contributed by atoms with E-state index in [-0.39, 0.29) is 24.6 Å². The van der Waals surface area contributed by atoms with Gasteiger partial charge in [0, 0.05) is 22.6 Å². The van der Waals surface area contributed by atoms with Crippen LogP contribution < -0.4 is 23.7 Å². The quantitative estimate of drug-likeness (QED) is 0.799. The molecule has 0 saturated heterocycles. The van der Waals surface area contributed by atoms with Crippen molar-refractivity contribution in [2.24, 2.45) is 0 Å². The van der Waals surface area contributed by atoms with Crippen LogP contribution in [0.5, 0.6) is 34.5 Å². The van der Waals surface area contributed by atoms with Gasteiger partial charge in [-0.15, -0.1) is 6.58 Å². The molecular weight excluding hydrogens is 348 g/mol. The summed E-state index contributed by atoms with van der Waals surface area (Å²) in [5.74, 6) is 3.11. The standard InChI is InChI=1S/C21H22O6/c1-5-6-13-18(22)15(23-3)9-14-11(2)19(27-20(13)14)12-7-16(24-4)21-17(8-12)25-10-26-21/h5,7-9,11,19,22H,1,6,10H2,2-4H3/t11-,19-/m0/s1. The highest BCUT2D eigenvalue weighted by Crippen LogP contribution is 2.54. The SMILES string of the molecule is C=CCc1c(O)c(OC)cc2c1O[C@H](c1cc(OC)c3c(c1)OCO3)[C@H]2C. The molecular formula is C21H22O6. The van der Waals surface area contributed by atoms with Crippen LogP contribution >= 0.6 is 0 Å². The molecule has 0 aromatic heterocycles. The lowest BCUT2D eigenvalue weighted by molar-refractivity contribution is 0.171. The number of allylic oxidation sites excluding steroid dienone is 1. The van der Waals surface area contributed by atoms with Gasteiger partial charge in [-0.25, -0.2) is 0 Å². The number of methoxy groups -OCH3 is 2. The highest BCUT2D eigenvalue weighted by atomic mass is 16.7. The predicted molar refractivity (Wildman–Crippen MR) is 99.5 cm³/mol. The van der Waals surface area contributed by atoms with E-state index in [4.69, 9.17) is 23.7 Å². The van der Waals surface area contributed by atoms with Gasteiger partial charge >= 0.3 is 0 Å². The molecule has 0 bridgehead atoms. The zero-order valence-corrected chi connectivity index (χ0v) is 15.6. The smallest absolute Gasteiger partial charge is 0.231 e. The van der Waals surface area contributed by atoms with Crippen LogP contribution in [0.4, 0.5) is 0 Å². The van der Waals surface area contributed by atoms with E-state index < -0.39 is 0 Å². The molecule has 2 aliphatic rings. The minimum Gasteiger partial charge on any atom is -0.504 e. The first-order valence-corrected chi connectivity index (χ1v) is 8.76. The van der Waals surface area contributed by atoms with Crippen LogP contribution in [0.1, 0.15) is 35.6 Å². The van der Waals surface area contributed by atoms with Crippen molar-refractivity contribution in [3.05, 3.63) is 47.5 Å². The summed E-state index contributed by atoms with van der Waals surface area (Å²) in [7, 11) is 3.14. The van der Waals surface area contributed by atoms with Crippen molar-refractivity contribution in [3.8, 4) is 34.5 Å². The molecule has 6 heteroatoms. The van der Waals surface area contributed by atoms with Gasteiger partial charge < -0.3 is 28.8 Å². The molecule has 0 unspecified atom stereocenters. The Morgan fingerprint density at radius 1 is 1.15 bits per heavy atom. The monoisotopic (exact) mass is 370 g/mol. The van der Waals surface area contributed by atoms with Crippen molar-refractivity contribution >= 4 is 0 Å². The van der Waals surface area contributed by atoms with Gasteiger partial charge in [-0.1, -0.05) is 13.0 Å². The molecule has 0 amide bonds. The molecule has 6 nitrogen and oxygen atoms in total. The van der Waals surface area contributed by atoms with E-state index >= 15 is 0 Å². The molecule has 2 aliphatic heterocycles. The first kappa shape index (κ1) is 17.4. The van der Waals surface area contributed by atoms with Gasteiger partial charge in [-0.2, -0.15) is 0 Å². The zero-order valence-electron chi connectivity index (χ0n) is 15.6. The molecule has 0 saturated carbocycles. The first-order valence-electron chi connectivity index (χ1n) is 8.76. The third kappa shape index (κ3) is 2.63. The summed E-state index contributed by atoms with van der Waals surface area (Å²) < 4.78 is 28.1. The Bertz CT molecular complexity index is 904. The molecule has 0 radical (unpaired) electrons. The third-order valence-corrected chi connectivity index (χ3v) is 5.11. The van der Waals surface area contributed by atoms with Gasteiger partial charge in [0.05, 0.1) is 14.2 Å². The van der Waals surface area contributed by atoms with E-state index in [2.05, 4.69) is 13.5 Å². The fourth-order valence-electron chi connectivity index (χ4n) is 3.74. The summed E-state index contributed by atoms with van der Waals surface area (Å²) in [5.41, 5.74) is 2.59. The molecule has 0 spiro atoms. The summed E-state index contributed by atoms with van der Waals surface area (Å²) in [6.45, 7) is 6.04. The van der Waals surface area contributed by atoms with Crippen LogP contribution in [0.2, 0.25) is 0 Å². The lowest BCUT2D eigenvalue weighted by Gasteiger charge is -2.18. The Balaban J connectivity index is 1.79. The number of phenols is 1. The predicted octanol–water partition coefficient (Wildman–Crippen LogP) is 4.10. The molecule has 0 fully saturated rings. The summed E-state index contributed by atoms with van der Waals surface area (Å²) in [5, 5.41) is 10.5. The highest BCUT2D eigenvalue weighted by Gasteiger charge is 2.37. The normalized spacial score (nSPS) is 19.4. The minimum atomic E-state index is -0.251. The number of fused-ring (bicyclic) bond motifs is 2. The van der Waals surface area contributed by atoms with Gasteiger partial charge in [-0.05, 0) is 24.6 Å². The van der Waals surface area contributed by atoms with Crippen molar-refractivity contribution in [1.82, 2.24) is 0 Å². The van der Waals surface area contributed by atoms with Crippen LogP contribution in [0.3, 0.4) is 0 Å². The summed E-state index contributed by atoms with van der Waals surface area (Å²) in [6, 6.07) is 5.67. The molecule has 2 aromatic rings. The van der Waals surface area contributed by atoms with Crippen molar-refractivity contribution < 1.29 is 28.8 Å².